The first-order valence-electron chi connectivity index (χ1n) is 8.05. The van der Waals surface area contributed by atoms with Crippen molar-refractivity contribution in [3.05, 3.63) is 28.8 Å². The minimum absolute atomic E-state index is 0.0860. The van der Waals surface area contributed by atoms with Crippen LogP contribution in [0.1, 0.15) is 69.1 Å². The van der Waals surface area contributed by atoms with Crippen molar-refractivity contribution in [3.63, 3.8) is 0 Å². The number of phenolic OH excluding ortho intramolecular Hbond substituents is 1. The van der Waals surface area contributed by atoms with Crippen LogP contribution < -0.4 is 0 Å². The van der Waals surface area contributed by atoms with Crippen LogP contribution in [0.5, 0.6) is 5.75 Å². The molecule has 1 saturated carbocycles. The lowest BCUT2D eigenvalue weighted by Gasteiger charge is -2.36. The van der Waals surface area contributed by atoms with Gasteiger partial charge < -0.3 is 15.3 Å². The lowest BCUT2D eigenvalue weighted by Crippen LogP contribution is -2.35. The summed E-state index contributed by atoms with van der Waals surface area (Å²) in [6.45, 7) is 5.53. The van der Waals surface area contributed by atoms with E-state index in [0.29, 0.717) is 11.1 Å². The molecule has 0 aliphatic heterocycles. The molecule has 0 amide bonds. The number of aromatic hydroxyl groups is 1. The average molecular weight is 306 g/mol. The van der Waals surface area contributed by atoms with Crippen LogP contribution in [-0.4, -0.2) is 21.3 Å². The Bertz CT molecular complexity index is 573. The first kappa shape index (κ1) is 16.8. The molecule has 4 heteroatoms. The van der Waals surface area contributed by atoms with Gasteiger partial charge in [-0.15, -0.1) is 0 Å². The molecular weight excluding hydrogens is 280 g/mol. The Balaban J connectivity index is 2.59. The summed E-state index contributed by atoms with van der Waals surface area (Å²) < 4.78 is 0. The zero-order chi connectivity index (χ0) is 16.5. The van der Waals surface area contributed by atoms with Crippen LogP contribution in [0.4, 0.5) is 0 Å². The van der Waals surface area contributed by atoms with Crippen molar-refractivity contribution in [1.82, 2.24) is 0 Å². The molecule has 122 valence electrons. The summed E-state index contributed by atoms with van der Waals surface area (Å²) in [7, 11) is 0. The van der Waals surface area contributed by atoms with Gasteiger partial charge in [-0.2, -0.15) is 0 Å². The number of benzene rings is 1. The largest absolute Gasteiger partial charge is 0.507 e. The summed E-state index contributed by atoms with van der Waals surface area (Å²) >= 11 is 0. The molecule has 1 atom stereocenters. The van der Waals surface area contributed by atoms with Gasteiger partial charge in [0, 0.05) is 5.56 Å². The highest BCUT2D eigenvalue weighted by molar-refractivity contribution is 5.79. The fraction of sp³-hybridized carbons (Fsp3) is 0.611. The predicted octanol–water partition coefficient (Wildman–Crippen LogP) is 3.60. The number of aliphatic hydroxyl groups is 1. The van der Waals surface area contributed by atoms with Gasteiger partial charge in [-0.1, -0.05) is 33.1 Å². The van der Waals surface area contributed by atoms with Gasteiger partial charge in [0.05, 0.1) is 0 Å². The molecule has 4 nitrogen and oxygen atoms in total. The molecule has 0 saturated heterocycles. The van der Waals surface area contributed by atoms with Gasteiger partial charge >= 0.3 is 5.97 Å². The molecule has 1 aliphatic carbocycles. The summed E-state index contributed by atoms with van der Waals surface area (Å²) in [5, 5.41) is 30.4. The fourth-order valence-corrected chi connectivity index (χ4v) is 3.56. The van der Waals surface area contributed by atoms with Crippen molar-refractivity contribution >= 4 is 5.97 Å². The average Bonchev–Trinajstić information content (AvgIpc) is 2.49. The molecular formula is C18H26O4. The second-order valence-corrected chi connectivity index (χ2v) is 6.83. The normalized spacial score (nSPS) is 20.4. The smallest absolute Gasteiger partial charge is 0.340 e. The second kappa shape index (κ2) is 5.92. The van der Waals surface area contributed by atoms with Crippen LogP contribution in [0.15, 0.2) is 12.1 Å². The SMILES string of the molecule is CCC(O)(C(=O)O)c1cc(C)c(O)c(C2(C)CCCCC2)c1. The molecule has 0 spiro atoms. The van der Waals surface area contributed by atoms with Crippen molar-refractivity contribution in [2.45, 2.75) is 70.3 Å². The maximum absolute atomic E-state index is 11.5. The van der Waals surface area contributed by atoms with Crippen LogP contribution in [0.3, 0.4) is 0 Å². The molecule has 3 N–H and O–H groups in total. The van der Waals surface area contributed by atoms with Gasteiger partial charge in [-0.25, -0.2) is 4.79 Å². The first-order chi connectivity index (χ1) is 10.2. The summed E-state index contributed by atoms with van der Waals surface area (Å²) in [5.74, 6) is -1.02. The Kier molecular flexibility index (Phi) is 4.52. The zero-order valence-corrected chi connectivity index (χ0v) is 13.6. The molecule has 1 aromatic carbocycles. The second-order valence-electron chi connectivity index (χ2n) is 6.83. The predicted molar refractivity (Wildman–Crippen MR) is 85.1 cm³/mol. The third kappa shape index (κ3) is 2.72. The Hall–Kier alpha value is -1.55. The van der Waals surface area contributed by atoms with Crippen molar-refractivity contribution in [1.29, 1.82) is 0 Å². The number of aliphatic carboxylic acids is 1. The molecule has 0 aromatic heterocycles. The summed E-state index contributed by atoms with van der Waals surface area (Å²) in [5.41, 5.74) is -0.309. The van der Waals surface area contributed by atoms with Gasteiger partial charge in [0.2, 0.25) is 0 Å². The highest BCUT2D eigenvalue weighted by Gasteiger charge is 2.39. The monoisotopic (exact) mass is 306 g/mol. The van der Waals surface area contributed by atoms with E-state index >= 15 is 0 Å². The van der Waals surface area contributed by atoms with Gasteiger partial charge in [-0.3, -0.25) is 0 Å². The molecule has 1 aromatic rings. The lowest BCUT2D eigenvalue weighted by atomic mass is 9.69. The van der Waals surface area contributed by atoms with Gasteiger partial charge in [0.15, 0.2) is 5.60 Å². The van der Waals surface area contributed by atoms with Crippen molar-refractivity contribution in [2.24, 2.45) is 0 Å². The third-order valence-corrected chi connectivity index (χ3v) is 5.25. The fourth-order valence-electron chi connectivity index (χ4n) is 3.56. The summed E-state index contributed by atoms with van der Waals surface area (Å²) in [4.78, 5) is 11.5. The van der Waals surface area contributed by atoms with Crippen LogP contribution in [0.2, 0.25) is 0 Å². The molecule has 1 aliphatic rings. The number of rotatable bonds is 4. The minimum atomic E-state index is -1.90. The van der Waals surface area contributed by atoms with Crippen LogP contribution in [-0.2, 0) is 15.8 Å². The highest BCUT2D eigenvalue weighted by Crippen LogP contribution is 2.45. The molecule has 0 heterocycles. The zero-order valence-electron chi connectivity index (χ0n) is 13.6. The number of phenols is 1. The van der Waals surface area contributed by atoms with Gasteiger partial charge in [0.1, 0.15) is 5.75 Å². The number of carboxylic acid groups (broad SMARTS) is 1. The summed E-state index contributed by atoms with van der Waals surface area (Å²) in [6.07, 6.45) is 5.44. The third-order valence-electron chi connectivity index (χ3n) is 5.25. The number of carbonyl (C=O) groups is 1. The van der Waals surface area contributed by atoms with E-state index in [1.54, 1.807) is 26.0 Å². The van der Waals surface area contributed by atoms with E-state index in [1.165, 1.54) is 6.42 Å². The number of aryl methyl sites for hydroxylation is 1. The Morgan fingerprint density at radius 3 is 2.36 bits per heavy atom. The Labute approximate surface area is 131 Å². The van der Waals surface area contributed by atoms with Crippen molar-refractivity contribution in [2.75, 3.05) is 0 Å². The molecule has 0 bridgehead atoms. The molecule has 2 rings (SSSR count). The maximum Gasteiger partial charge on any atom is 0.340 e. The molecule has 1 fully saturated rings. The summed E-state index contributed by atoms with van der Waals surface area (Å²) in [6, 6.07) is 3.29. The standard InChI is InChI=1S/C18H26O4/c1-4-18(22,16(20)21)13-10-12(2)15(19)14(11-13)17(3)8-6-5-7-9-17/h10-11,19,22H,4-9H2,1-3H3,(H,20,21). The lowest BCUT2D eigenvalue weighted by molar-refractivity contribution is -0.160. The van der Waals surface area contributed by atoms with E-state index in [0.717, 1.165) is 31.2 Å². The quantitative estimate of drug-likeness (QED) is 0.794. The van der Waals surface area contributed by atoms with E-state index in [4.69, 9.17) is 0 Å². The van der Waals surface area contributed by atoms with E-state index in [1.807, 2.05) is 0 Å². The van der Waals surface area contributed by atoms with Gasteiger partial charge in [-0.05, 0) is 54.9 Å². The number of hydrogen-bond donors (Lipinski definition) is 3. The van der Waals surface area contributed by atoms with E-state index < -0.39 is 11.6 Å². The van der Waals surface area contributed by atoms with E-state index in [-0.39, 0.29) is 17.6 Å². The molecule has 1 unspecified atom stereocenters. The maximum atomic E-state index is 11.5. The van der Waals surface area contributed by atoms with Crippen molar-refractivity contribution < 1.29 is 20.1 Å². The number of hydrogen-bond acceptors (Lipinski definition) is 3. The Morgan fingerprint density at radius 2 is 1.86 bits per heavy atom. The topological polar surface area (TPSA) is 77.8 Å². The molecule has 22 heavy (non-hydrogen) atoms. The highest BCUT2D eigenvalue weighted by atomic mass is 16.4. The van der Waals surface area contributed by atoms with E-state index in [9.17, 15) is 20.1 Å². The van der Waals surface area contributed by atoms with Gasteiger partial charge in [0.25, 0.3) is 0 Å². The first-order valence-corrected chi connectivity index (χ1v) is 8.05. The van der Waals surface area contributed by atoms with E-state index in [2.05, 4.69) is 6.92 Å². The van der Waals surface area contributed by atoms with Crippen LogP contribution >= 0.6 is 0 Å². The minimum Gasteiger partial charge on any atom is -0.507 e. The Morgan fingerprint density at radius 1 is 1.27 bits per heavy atom. The van der Waals surface area contributed by atoms with Crippen LogP contribution in [0.25, 0.3) is 0 Å². The molecule has 0 radical (unpaired) electrons. The number of carboxylic acids is 1. The van der Waals surface area contributed by atoms with Crippen molar-refractivity contribution in [3.8, 4) is 5.75 Å². The van der Waals surface area contributed by atoms with Crippen LogP contribution in [0, 0.1) is 6.92 Å².